The van der Waals surface area contributed by atoms with Crippen LogP contribution in [0, 0.1) is 0 Å². The molecular weight excluding hydrogens is 368 g/mol. The highest BCUT2D eigenvalue weighted by Gasteiger charge is 2.48. The van der Waals surface area contributed by atoms with Crippen molar-refractivity contribution in [2.75, 3.05) is 18.5 Å². The molecule has 2 saturated heterocycles. The number of nitrogens with one attached hydrogen (secondary N) is 2. The molecule has 4 atom stereocenters. The first kappa shape index (κ1) is 18.4. The second-order valence-electron chi connectivity index (χ2n) is 6.64. The highest BCUT2D eigenvalue weighted by atomic mass is 16.6. The van der Waals surface area contributed by atoms with Crippen LogP contribution < -0.4 is 15.7 Å². The molecule has 4 heterocycles. The molecule has 10 nitrogen and oxygen atoms in total. The summed E-state index contributed by atoms with van der Waals surface area (Å²) in [5.41, 5.74) is 0.656. The van der Waals surface area contributed by atoms with Gasteiger partial charge in [-0.05, 0) is 24.6 Å². The van der Waals surface area contributed by atoms with Crippen LogP contribution in [0.25, 0.3) is 11.5 Å². The summed E-state index contributed by atoms with van der Waals surface area (Å²) >= 11 is 0. The number of furan rings is 1. The number of carboxylic acids is 1. The minimum atomic E-state index is -1.26. The number of hydrogen-bond donors (Lipinski definition) is 2. The molecule has 2 aromatic rings. The number of rotatable bonds is 7. The largest absolute Gasteiger partial charge is 0.550 e. The molecule has 1 amide bonds. The minimum absolute atomic E-state index is 0.134. The molecule has 0 saturated carbocycles. The molecule has 2 fully saturated rings. The van der Waals surface area contributed by atoms with Crippen LogP contribution in [0.1, 0.15) is 12.8 Å². The lowest BCUT2D eigenvalue weighted by Gasteiger charge is -2.18. The zero-order chi connectivity index (χ0) is 19.5. The third-order valence-corrected chi connectivity index (χ3v) is 4.70. The predicted octanol–water partition coefficient (Wildman–Crippen LogP) is -0.670. The average Bonchev–Trinajstić information content (AvgIpc) is 3.41. The first-order valence-electron chi connectivity index (χ1n) is 8.96. The Labute approximate surface area is 160 Å². The van der Waals surface area contributed by atoms with E-state index < -0.39 is 5.97 Å². The van der Waals surface area contributed by atoms with E-state index >= 15 is 0 Å². The van der Waals surface area contributed by atoms with Gasteiger partial charge in [-0.1, -0.05) is 0 Å². The Balaban J connectivity index is 1.35. The summed E-state index contributed by atoms with van der Waals surface area (Å²) in [4.78, 5) is 31.0. The summed E-state index contributed by atoms with van der Waals surface area (Å²) in [5, 5.41) is 16.5. The van der Waals surface area contributed by atoms with E-state index in [1.807, 2.05) is 6.07 Å². The molecular formula is C18H19N4O6-. The zero-order valence-electron chi connectivity index (χ0n) is 14.9. The number of aliphatic carboxylic acids is 1. The molecule has 148 valence electrons. The third-order valence-electron chi connectivity index (χ3n) is 4.70. The Morgan fingerprint density at radius 2 is 1.93 bits per heavy atom. The van der Waals surface area contributed by atoms with Gasteiger partial charge in [0.25, 0.3) is 0 Å². The zero-order valence-corrected chi connectivity index (χ0v) is 14.9. The SMILES string of the molecule is O=C([O-])CCC(=O)N[C@H]1CO[C@H]2[C@@H]1OC[C@@H]2Nc1nccc(-c2ccco2)n1. The standard InChI is InChI=1S/C18H20N4O6/c23-14(3-4-15(24)25)20-11-8-27-17-12(9-28-16(11)17)22-18-19-6-5-10(21-18)13-2-1-7-26-13/h1-2,5-7,11-12,16-17H,3-4,8-9H2,(H,20,23)(H,24,25)(H,19,21,22)/p-1/t11-,12-,16+,17+/m0/s1. The number of anilines is 1. The smallest absolute Gasteiger partial charge is 0.223 e. The molecule has 0 radical (unpaired) electrons. The van der Waals surface area contributed by atoms with E-state index in [1.54, 1.807) is 24.6 Å². The lowest BCUT2D eigenvalue weighted by atomic mass is 10.1. The summed E-state index contributed by atoms with van der Waals surface area (Å²) in [6, 6.07) is 4.84. The molecule has 2 aromatic heterocycles. The quantitative estimate of drug-likeness (QED) is 0.633. The van der Waals surface area contributed by atoms with Crippen LogP contribution in [0.3, 0.4) is 0 Å². The maximum atomic E-state index is 11.9. The molecule has 2 N–H and O–H groups in total. The Bertz CT molecular complexity index is 842. The van der Waals surface area contributed by atoms with E-state index in [1.165, 1.54) is 0 Å². The topological polar surface area (TPSA) is 139 Å². The maximum Gasteiger partial charge on any atom is 0.223 e. The van der Waals surface area contributed by atoms with Crippen molar-refractivity contribution < 1.29 is 28.6 Å². The van der Waals surface area contributed by atoms with Crippen molar-refractivity contribution in [1.82, 2.24) is 15.3 Å². The second kappa shape index (κ2) is 7.95. The number of ether oxygens (including phenoxy) is 2. The summed E-state index contributed by atoms with van der Waals surface area (Å²) < 4.78 is 16.9. The summed E-state index contributed by atoms with van der Waals surface area (Å²) in [7, 11) is 0. The van der Waals surface area contributed by atoms with Gasteiger partial charge < -0.3 is 34.4 Å². The van der Waals surface area contributed by atoms with E-state index in [9.17, 15) is 14.7 Å². The van der Waals surface area contributed by atoms with E-state index in [0.29, 0.717) is 24.0 Å². The summed E-state index contributed by atoms with van der Waals surface area (Å²) in [6.45, 7) is 0.660. The predicted molar refractivity (Wildman–Crippen MR) is 92.8 cm³/mol. The number of nitrogens with zero attached hydrogens (tertiary/aromatic N) is 2. The van der Waals surface area contributed by atoms with Crippen molar-refractivity contribution in [2.24, 2.45) is 0 Å². The molecule has 10 heteroatoms. The molecule has 0 spiro atoms. The molecule has 2 aliphatic rings. The molecule has 28 heavy (non-hydrogen) atoms. The number of fused-ring (bicyclic) bond motifs is 1. The number of carbonyl (C=O) groups is 2. The van der Waals surface area contributed by atoms with Crippen LogP contribution in [-0.4, -0.2) is 59.3 Å². The van der Waals surface area contributed by atoms with Crippen LogP contribution in [0.5, 0.6) is 0 Å². The number of hydrogen-bond acceptors (Lipinski definition) is 9. The van der Waals surface area contributed by atoms with Gasteiger partial charge in [0.15, 0.2) is 5.76 Å². The average molecular weight is 387 g/mol. The molecule has 0 aromatic carbocycles. The van der Waals surface area contributed by atoms with Crippen LogP contribution >= 0.6 is 0 Å². The summed E-state index contributed by atoms with van der Waals surface area (Å²) in [6.07, 6.45) is 2.16. The van der Waals surface area contributed by atoms with Crippen molar-refractivity contribution >= 4 is 17.8 Å². The molecule has 0 bridgehead atoms. The van der Waals surface area contributed by atoms with Gasteiger partial charge in [0.1, 0.15) is 17.9 Å². The fourth-order valence-corrected chi connectivity index (χ4v) is 3.40. The second-order valence-corrected chi connectivity index (χ2v) is 6.64. The maximum absolute atomic E-state index is 11.9. The van der Waals surface area contributed by atoms with Crippen LogP contribution in [0.15, 0.2) is 35.1 Å². The van der Waals surface area contributed by atoms with E-state index in [2.05, 4.69) is 20.6 Å². The van der Waals surface area contributed by atoms with Gasteiger partial charge in [-0.15, -0.1) is 0 Å². The van der Waals surface area contributed by atoms with Crippen LogP contribution in [0.4, 0.5) is 5.95 Å². The number of aromatic nitrogens is 2. The van der Waals surface area contributed by atoms with Crippen molar-refractivity contribution in [3.8, 4) is 11.5 Å². The third kappa shape index (κ3) is 3.97. The first-order valence-corrected chi connectivity index (χ1v) is 8.96. The van der Waals surface area contributed by atoms with Gasteiger partial charge in [-0.25, -0.2) is 9.97 Å². The van der Waals surface area contributed by atoms with E-state index in [-0.39, 0.29) is 49.6 Å². The van der Waals surface area contributed by atoms with Crippen LogP contribution in [-0.2, 0) is 19.1 Å². The number of carbonyl (C=O) groups excluding carboxylic acids is 2. The van der Waals surface area contributed by atoms with Gasteiger partial charge in [0.2, 0.25) is 11.9 Å². The molecule has 4 rings (SSSR count). The Morgan fingerprint density at radius 3 is 2.68 bits per heavy atom. The highest BCUT2D eigenvalue weighted by Crippen LogP contribution is 2.29. The summed E-state index contributed by atoms with van der Waals surface area (Å²) in [5.74, 6) is -0.558. The lowest BCUT2D eigenvalue weighted by molar-refractivity contribution is -0.305. The monoisotopic (exact) mass is 387 g/mol. The lowest BCUT2D eigenvalue weighted by Crippen LogP contribution is -2.45. The molecule has 2 aliphatic heterocycles. The fourth-order valence-electron chi connectivity index (χ4n) is 3.40. The number of amides is 1. The van der Waals surface area contributed by atoms with Crippen molar-refractivity contribution in [1.29, 1.82) is 0 Å². The minimum Gasteiger partial charge on any atom is -0.550 e. The van der Waals surface area contributed by atoms with E-state index in [0.717, 1.165) is 0 Å². The van der Waals surface area contributed by atoms with Crippen molar-refractivity contribution in [3.63, 3.8) is 0 Å². The Hall–Kier alpha value is -2.98. The Morgan fingerprint density at radius 1 is 1.14 bits per heavy atom. The van der Waals surface area contributed by atoms with Gasteiger partial charge in [0.05, 0.1) is 31.6 Å². The normalized spacial score (nSPS) is 26.0. The van der Waals surface area contributed by atoms with E-state index in [4.69, 9.17) is 13.9 Å². The van der Waals surface area contributed by atoms with Crippen LogP contribution in [0.2, 0.25) is 0 Å². The fraction of sp³-hybridized carbons (Fsp3) is 0.444. The van der Waals surface area contributed by atoms with Gasteiger partial charge in [-0.3, -0.25) is 4.79 Å². The van der Waals surface area contributed by atoms with Crippen molar-refractivity contribution in [2.45, 2.75) is 37.1 Å². The Kier molecular flexibility index (Phi) is 5.22. The molecule has 0 aliphatic carbocycles. The molecule has 0 unspecified atom stereocenters. The van der Waals surface area contributed by atoms with Gasteiger partial charge >= 0.3 is 0 Å². The van der Waals surface area contributed by atoms with Gasteiger partial charge in [-0.2, -0.15) is 0 Å². The van der Waals surface area contributed by atoms with Gasteiger partial charge in [0, 0.05) is 18.6 Å². The first-order chi connectivity index (χ1) is 13.6. The van der Waals surface area contributed by atoms with Crippen molar-refractivity contribution in [3.05, 3.63) is 30.7 Å². The highest BCUT2D eigenvalue weighted by molar-refractivity contribution is 5.80. The number of carboxylic acid groups (broad SMARTS) is 1.